The second-order valence-electron chi connectivity index (χ2n) is 5.78. The molecule has 134 valence electrons. The predicted molar refractivity (Wildman–Crippen MR) is 107 cm³/mol. The van der Waals surface area contributed by atoms with Crippen LogP contribution in [-0.4, -0.2) is 39.9 Å². The molecular formula is C20H22AsN3O2. The predicted octanol–water partition coefficient (Wildman–Crippen LogP) is 2.47. The van der Waals surface area contributed by atoms with Crippen LogP contribution in [-0.2, 0) is 6.42 Å². The molecule has 1 atom stereocenters. The summed E-state index contributed by atoms with van der Waals surface area (Å²) < 4.78 is 11.6. The van der Waals surface area contributed by atoms with Crippen molar-refractivity contribution in [3.05, 3.63) is 60.2 Å². The Morgan fingerprint density at radius 1 is 0.962 bits per heavy atom. The summed E-state index contributed by atoms with van der Waals surface area (Å²) >= 11 is -0.393. The van der Waals surface area contributed by atoms with Gasteiger partial charge < -0.3 is 0 Å². The third-order valence-electron chi connectivity index (χ3n) is 3.95. The second kappa shape index (κ2) is 8.72. The number of methoxy groups -OCH3 is 2. The van der Waals surface area contributed by atoms with Gasteiger partial charge in [-0.05, 0) is 0 Å². The van der Waals surface area contributed by atoms with Gasteiger partial charge in [-0.3, -0.25) is 0 Å². The quantitative estimate of drug-likeness (QED) is 0.478. The number of anilines is 1. The zero-order chi connectivity index (χ0) is 18.4. The number of nitrogens with two attached hydrogens (primary N) is 1. The van der Waals surface area contributed by atoms with Gasteiger partial charge in [-0.15, -0.1) is 0 Å². The maximum absolute atomic E-state index is 5.89. The summed E-state index contributed by atoms with van der Waals surface area (Å²) in [6.45, 7) is 0. The fourth-order valence-corrected chi connectivity index (χ4v) is 4.85. The van der Waals surface area contributed by atoms with Crippen molar-refractivity contribution >= 4 is 25.9 Å². The van der Waals surface area contributed by atoms with E-state index in [0.29, 0.717) is 6.01 Å². The molecule has 26 heavy (non-hydrogen) atoms. The van der Waals surface area contributed by atoms with Gasteiger partial charge in [0.15, 0.2) is 0 Å². The average Bonchev–Trinajstić information content (AvgIpc) is 2.68. The van der Waals surface area contributed by atoms with Crippen LogP contribution in [0.2, 0.25) is 5.21 Å². The zero-order valence-corrected chi connectivity index (χ0v) is 17.0. The molecule has 0 amide bonds. The van der Waals surface area contributed by atoms with Crippen molar-refractivity contribution in [3.63, 3.8) is 0 Å². The topological polar surface area (TPSA) is 70.3 Å². The van der Waals surface area contributed by atoms with Crippen molar-refractivity contribution < 1.29 is 9.47 Å². The van der Waals surface area contributed by atoms with Crippen LogP contribution in [0.5, 0.6) is 11.8 Å². The summed E-state index contributed by atoms with van der Waals surface area (Å²) in [6.07, 6.45) is 1.03. The first kappa shape index (κ1) is 18.3. The Hall–Kier alpha value is -2.52. The number of hydrogen-bond acceptors (Lipinski definition) is 5. The molecule has 3 aromatic rings. The van der Waals surface area contributed by atoms with Crippen molar-refractivity contribution in [2.24, 2.45) is 0 Å². The SMILES string of the molecule is COc1ccc(CC[AsH]c2cc(-c3cccc(N)c3)nc(OC)n2)cc1. The third kappa shape index (κ3) is 4.76. The monoisotopic (exact) mass is 411 g/mol. The van der Waals surface area contributed by atoms with E-state index in [1.54, 1.807) is 14.2 Å². The van der Waals surface area contributed by atoms with Gasteiger partial charge >= 0.3 is 160 Å². The van der Waals surface area contributed by atoms with Crippen molar-refractivity contribution in [1.29, 1.82) is 0 Å². The number of hydrogen-bond donors (Lipinski definition) is 1. The molecule has 0 saturated heterocycles. The summed E-state index contributed by atoms with van der Waals surface area (Å²) in [4.78, 5) is 9.00. The normalized spacial score (nSPS) is 11.0. The van der Waals surface area contributed by atoms with Crippen molar-refractivity contribution in [3.8, 4) is 23.0 Å². The Morgan fingerprint density at radius 2 is 1.77 bits per heavy atom. The van der Waals surface area contributed by atoms with Crippen LogP contribution in [0.1, 0.15) is 5.56 Å². The molecule has 3 rings (SSSR count). The first-order chi connectivity index (χ1) is 12.7. The van der Waals surface area contributed by atoms with Gasteiger partial charge in [0.25, 0.3) is 0 Å². The molecular weight excluding hydrogens is 389 g/mol. The molecule has 0 bridgehead atoms. The number of rotatable bonds is 7. The van der Waals surface area contributed by atoms with Gasteiger partial charge in [0, 0.05) is 0 Å². The summed E-state index contributed by atoms with van der Waals surface area (Å²) in [5.41, 5.74) is 9.76. The van der Waals surface area contributed by atoms with E-state index in [0.717, 1.165) is 38.8 Å². The van der Waals surface area contributed by atoms with Gasteiger partial charge in [0.2, 0.25) is 0 Å². The number of benzene rings is 2. The summed E-state index contributed by atoms with van der Waals surface area (Å²) in [5, 5.41) is 1.11. The van der Waals surface area contributed by atoms with E-state index < -0.39 is 15.8 Å². The van der Waals surface area contributed by atoms with Crippen LogP contribution in [0.3, 0.4) is 0 Å². The van der Waals surface area contributed by atoms with Crippen molar-refractivity contribution in [2.45, 2.75) is 11.6 Å². The summed E-state index contributed by atoms with van der Waals surface area (Å²) in [7, 11) is 3.28. The summed E-state index contributed by atoms with van der Waals surface area (Å²) in [6, 6.07) is 18.4. The molecule has 2 N–H and O–H groups in total. The molecule has 0 radical (unpaired) electrons. The Bertz CT molecular complexity index is 869. The molecule has 1 aromatic heterocycles. The third-order valence-corrected chi connectivity index (χ3v) is 6.30. The van der Waals surface area contributed by atoms with Crippen LogP contribution >= 0.6 is 0 Å². The number of ether oxygens (including phenoxy) is 2. The molecule has 0 aliphatic heterocycles. The second-order valence-corrected chi connectivity index (χ2v) is 8.64. The number of nitrogens with zero attached hydrogens (tertiary/aromatic N) is 2. The van der Waals surface area contributed by atoms with Gasteiger partial charge in [0.05, 0.1) is 0 Å². The zero-order valence-electron chi connectivity index (χ0n) is 14.9. The molecule has 0 spiro atoms. The van der Waals surface area contributed by atoms with Gasteiger partial charge in [0.1, 0.15) is 0 Å². The van der Waals surface area contributed by atoms with E-state index in [2.05, 4.69) is 28.2 Å². The van der Waals surface area contributed by atoms with Crippen LogP contribution < -0.4 is 19.7 Å². The standard InChI is InChI=1S/C20H22AsN3O2/c1-25-17-8-6-14(7-9-17)10-11-21-19-13-18(23-20(24-19)26-2)15-4-3-5-16(22)12-15/h3-9,12-13,21H,10-11,22H2,1-2H3. The van der Waals surface area contributed by atoms with E-state index in [4.69, 9.17) is 15.2 Å². The van der Waals surface area contributed by atoms with E-state index in [-0.39, 0.29) is 0 Å². The molecule has 6 heteroatoms. The minimum absolute atomic E-state index is 0.393. The van der Waals surface area contributed by atoms with Gasteiger partial charge in [-0.2, -0.15) is 0 Å². The van der Waals surface area contributed by atoms with Gasteiger partial charge in [-0.1, -0.05) is 0 Å². The van der Waals surface area contributed by atoms with Crippen LogP contribution in [0.15, 0.2) is 54.6 Å². The van der Waals surface area contributed by atoms with E-state index in [1.165, 1.54) is 5.56 Å². The fourth-order valence-electron chi connectivity index (χ4n) is 2.58. The van der Waals surface area contributed by atoms with E-state index in [9.17, 15) is 0 Å². The Labute approximate surface area is 160 Å². The fraction of sp³-hybridized carbons (Fsp3) is 0.200. The molecule has 0 aliphatic carbocycles. The van der Waals surface area contributed by atoms with Crippen LogP contribution in [0.25, 0.3) is 11.3 Å². The average molecular weight is 411 g/mol. The number of aromatic nitrogens is 2. The maximum atomic E-state index is 5.89. The molecule has 2 aromatic carbocycles. The molecule has 0 saturated carbocycles. The van der Waals surface area contributed by atoms with Crippen LogP contribution in [0, 0.1) is 0 Å². The Balaban J connectivity index is 1.71. The molecule has 0 aliphatic rings. The first-order valence-electron chi connectivity index (χ1n) is 8.34. The molecule has 1 heterocycles. The molecule has 5 nitrogen and oxygen atoms in total. The number of aryl methyl sites for hydroxylation is 1. The Morgan fingerprint density at radius 3 is 2.46 bits per heavy atom. The Kier molecular flexibility index (Phi) is 6.13. The van der Waals surface area contributed by atoms with E-state index in [1.807, 2.05) is 36.4 Å². The van der Waals surface area contributed by atoms with Crippen molar-refractivity contribution in [2.75, 3.05) is 20.0 Å². The van der Waals surface area contributed by atoms with Crippen LogP contribution in [0.4, 0.5) is 5.69 Å². The summed E-state index contributed by atoms with van der Waals surface area (Å²) in [5.74, 6) is 0.886. The van der Waals surface area contributed by atoms with Gasteiger partial charge in [-0.25, -0.2) is 0 Å². The first-order valence-corrected chi connectivity index (χ1v) is 10.9. The molecule has 0 fully saturated rings. The molecule has 1 unspecified atom stereocenters. The van der Waals surface area contributed by atoms with E-state index >= 15 is 0 Å². The number of nitrogen functional groups attached to an aromatic ring is 1. The van der Waals surface area contributed by atoms with Crippen molar-refractivity contribution in [1.82, 2.24) is 9.97 Å². The minimum atomic E-state index is -0.393.